The number of amides is 2. The summed E-state index contributed by atoms with van der Waals surface area (Å²) in [6, 6.07) is 7.39. The fourth-order valence-electron chi connectivity index (χ4n) is 3.16. The van der Waals surface area contributed by atoms with E-state index >= 15 is 0 Å². The Hall–Kier alpha value is -3.89. The molecule has 32 heavy (non-hydrogen) atoms. The van der Waals surface area contributed by atoms with Crippen molar-refractivity contribution in [2.24, 2.45) is 14.1 Å². The molecule has 0 saturated carbocycles. The van der Waals surface area contributed by atoms with Gasteiger partial charge in [0.2, 0.25) is 11.5 Å². The number of aromatic nitrogens is 3. The maximum Gasteiger partial charge on any atom is 0.417 e. The van der Waals surface area contributed by atoms with Gasteiger partial charge in [0.05, 0.1) is 12.1 Å². The normalized spacial score (nSPS) is 11.3. The zero-order chi connectivity index (χ0) is 23.6. The molecule has 2 heterocycles. The Morgan fingerprint density at radius 2 is 1.75 bits per heavy atom. The number of hydrogen-bond acceptors (Lipinski definition) is 4. The number of aryl methyl sites for hydroxylation is 1. The number of benzene rings is 1. The highest BCUT2D eigenvalue weighted by Gasteiger charge is 2.34. The lowest BCUT2D eigenvalue weighted by Crippen LogP contribution is -2.33. The molecule has 11 heteroatoms. The highest BCUT2D eigenvalue weighted by Crippen LogP contribution is 2.39. The Morgan fingerprint density at radius 3 is 2.38 bits per heavy atom. The van der Waals surface area contributed by atoms with E-state index in [0.717, 1.165) is 6.07 Å². The molecule has 168 valence electrons. The number of alkyl halides is 3. The van der Waals surface area contributed by atoms with Crippen molar-refractivity contribution in [2.45, 2.75) is 13.1 Å². The number of rotatable bonds is 5. The first-order chi connectivity index (χ1) is 15.0. The van der Waals surface area contributed by atoms with Gasteiger partial charge in [0.1, 0.15) is 5.69 Å². The third-order valence-electron chi connectivity index (χ3n) is 4.98. The molecule has 3 rings (SSSR count). The number of pyridine rings is 1. The number of anilines is 1. The number of hydrogen-bond donors (Lipinski definition) is 2. The summed E-state index contributed by atoms with van der Waals surface area (Å²) in [6.45, 7) is 1.12. The maximum atomic E-state index is 13.8. The van der Waals surface area contributed by atoms with Gasteiger partial charge in [-0.1, -0.05) is 6.07 Å². The Morgan fingerprint density at radius 1 is 1.06 bits per heavy atom. The molecular formula is C21H20F3N5O3. The molecule has 0 aliphatic rings. The summed E-state index contributed by atoms with van der Waals surface area (Å²) in [5, 5.41) is 8.58. The lowest BCUT2D eigenvalue weighted by Gasteiger charge is -2.18. The zero-order valence-corrected chi connectivity index (χ0v) is 17.4. The van der Waals surface area contributed by atoms with Crippen LogP contribution in [-0.4, -0.2) is 32.7 Å². The summed E-state index contributed by atoms with van der Waals surface area (Å²) >= 11 is 0. The van der Waals surface area contributed by atoms with Crippen molar-refractivity contribution in [1.82, 2.24) is 19.7 Å². The van der Waals surface area contributed by atoms with Gasteiger partial charge >= 0.3 is 6.18 Å². The fraction of sp³-hybridized carbons (Fsp3) is 0.238. The summed E-state index contributed by atoms with van der Waals surface area (Å²) in [7, 11) is 3.03. The summed E-state index contributed by atoms with van der Waals surface area (Å²) in [6.07, 6.45) is -3.29. The molecular weight excluding hydrogens is 427 g/mol. The van der Waals surface area contributed by atoms with Crippen LogP contribution in [0.2, 0.25) is 0 Å². The second kappa shape index (κ2) is 8.69. The Balaban J connectivity index is 1.82. The lowest BCUT2D eigenvalue weighted by molar-refractivity contribution is -0.137. The molecule has 0 atom stereocenters. The highest BCUT2D eigenvalue weighted by molar-refractivity contribution is 5.98. The van der Waals surface area contributed by atoms with Crippen LogP contribution in [-0.2, 0) is 25.1 Å². The predicted octanol–water partition coefficient (Wildman–Crippen LogP) is 2.48. The third-order valence-corrected chi connectivity index (χ3v) is 4.98. The molecule has 0 spiro atoms. The fourth-order valence-corrected chi connectivity index (χ4v) is 3.16. The quantitative estimate of drug-likeness (QED) is 0.628. The second-order valence-electron chi connectivity index (χ2n) is 7.06. The Bertz CT molecular complexity index is 1240. The van der Waals surface area contributed by atoms with Gasteiger partial charge in [-0.05, 0) is 36.8 Å². The van der Waals surface area contributed by atoms with E-state index < -0.39 is 30.1 Å². The van der Waals surface area contributed by atoms with Crippen LogP contribution < -0.4 is 16.2 Å². The first kappa shape index (κ1) is 22.8. The monoisotopic (exact) mass is 447 g/mol. The minimum atomic E-state index is -4.70. The molecule has 2 amide bonds. The molecule has 0 radical (unpaired) electrons. The van der Waals surface area contributed by atoms with E-state index in [9.17, 15) is 27.6 Å². The lowest BCUT2D eigenvalue weighted by atomic mass is 9.97. The maximum absolute atomic E-state index is 13.8. The van der Waals surface area contributed by atoms with E-state index in [0.29, 0.717) is 5.69 Å². The summed E-state index contributed by atoms with van der Waals surface area (Å²) < 4.78 is 43.9. The van der Waals surface area contributed by atoms with Crippen molar-refractivity contribution in [3.8, 4) is 11.1 Å². The summed E-state index contributed by atoms with van der Waals surface area (Å²) in [5.74, 6) is -1.24. The molecule has 0 saturated heterocycles. The van der Waals surface area contributed by atoms with Gasteiger partial charge in [0.25, 0.3) is 5.91 Å². The van der Waals surface area contributed by atoms with Crippen LogP contribution in [0.1, 0.15) is 21.7 Å². The van der Waals surface area contributed by atoms with Crippen molar-refractivity contribution in [3.05, 3.63) is 69.9 Å². The Kier molecular flexibility index (Phi) is 6.19. The molecule has 1 aromatic carbocycles. The largest absolute Gasteiger partial charge is 0.417 e. The molecule has 0 aliphatic carbocycles. The van der Waals surface area contributed by atoms with E-state index in [1.54, 1.807) is 14.0 Å². The molecule has 0 bridgehead atoms. The molecule has 2 N–H and O–H groups in total. The van der Waals surface area contributed by atoms with Crippen molar-refractivity contribution >= 4 is 17.5 Å². The van der Waals surface area contributed by atoms with Crippen molar-refractivity contribution in [1.29, 1.82) is 0 Å². The first-order valence-electron chi connectivity index (χ1n) is 9.43. The van der Waals surface area contributed by atoms with Crippen LogP contribution in [0.25, 0.3) is 11.1 Å². The van der Waals surface area contributed by atoms with Gasteiger partial charge < -0.3 is 15.2 Å². The smallest absolute Gasteiger partial charge is 0.342 e. The number of nitrogens with zero attached hydrogens (tertiary/aromatic N) is 3. The summed E-state index contributed by atoms with van der Waals surface area (Å²) in [5.41, 5.74) is -0.642. The minimum Gasteiger partial charge on any atom is -0.342 e. The highest BCUT2D eigenvalue weighted by atomic mass is 19.4. The summed E-state index contributed by atoms with van der Waals surface area (Å²) in [4.78, 5) is 35.9. The van der Waals surface area contributed by atoms with Crippen LogP contribution in [0.3, 0.4) is 0 Å². The average molecular weight is 447 g/mol. The number of halogens is 3. The van der Waals surface area contributed by atoms with Gasteiger partial charge in [-0.25, -0.2) is 0 Å². The molecule has 0 unspecified atom stereocenters. The SMILES string of the molecule is Cc1c(-c2ccc(NC(=O)CNC(=O)c3ccnn3C)cc2C(F)(F)F)ccc(=O)n1C. The van der Waals surface area contributed by atoms with Crippen LogP contribution in [0.5, 0.6) is 0 Å². The van der Waals surface area contributed by atoms with Gasteiger partial charge in [-0.3, -0.25) is 19.1 Å². The van der Waals surface area contributed by atoms with E-state index in [-0.39, 0.29) is 28.1 Å². The van der Waals surface area contributed by atoms with Crippen molar-refractivity contribution < 1.29 is 22.8 Å². The van der Waals surface area contributed by atoms with Gasteiger partial charge in [0.15, 0.2) is 0 Å². The van der Waals surface area contributed by atoms with Crippen molar-refractivity contribution in [2.75, 3.05) is 11.9 Å². The second-order valence-corrected chi connectivity index (χ2v) is 7.06. The van der Waals surface area contributed by atoms with E-state index in [1.807, 2.05) is 0 Å². The number of carbonyl (C=O) groups is 2. The first-order valence-corrected chi connectivity index (χ1v) is 9.43. The van der Waals surface area contributed by atoms with Crippen LogP contribution >= 0.6 is 0 Å². The number of nitrogens with one attached hydrogen (secondary N) is 2. The third kappa shape index (κ3) is 4.71. The van der Waals surface area contributed by atoms with E-state index in [1.165, 1.54) is 52.8 Å². The Labute approximate surface area is 180 Å². The standard InChI is InChI=1S/C21H20F3N5O3/c1-12-14(6-7-19(31)28(12)2)15-5-4-13(10-16(15)21(22,23)24)27-18(30)11-25-20(32)17-8-9-26-29(17)3/h4-10H,11H2,1-3H3,(H,25,32)(H,27,30). The minimum absolute atomic E-state index is 0.0802. The van der Waals surface area contributed by atoms with Crippen LogP contribution in [0.4, 0.5) is 18.9 Å². The van der Waals surface area contributed by atoms with Gasteiger partial charge in [-0.15, -0.1) is 0 Å². The van der Waals surface area contributed by atoms with E-state index in [2.05, 4.69) is 15.7 Å². The van der Waals surface area contributed by atoms with E-state index in [4.69, 9.17) is 0 Å². The van der Waals surface area contributed by atoms with Gasteiger partial charge in [-0.2, -0.15) is 18.3 Å². The van der Waals surface area contributed by atoms with Gasteiger partial charge in [0, 0.05) is 43.3 Å². The average Bonchev–Trinajstić information content (AvgIpc) is 3.16. The predicted molar refractivity (Wildman–Crippen MR) is 111 cm³/mol. The molecule has 8 nitrogen and oxygen atoms in total. The molecule has 0 aliphatic heterocycles. The zero-order valence-electron chi connectivity index (χ0n) is 17.4. The topological polar surface area (TPSA) is 98.0 Å². The number of carbonyl (C=O) groups excluding carboxylic acids is 2. The molecule has 2 aromatic heterocycles. The van der Waals surface area contributed by atoms with Crippen molar-refractivity contribution in [3.63, 3.8) is 0 Å². The molecule has 0 fully saturated rings. The van der Waals surface area contributed by atoms with Crippen LogP contribution in [0, 0.1) is 6.92 Å². The van der Waals surface area contributed by atoms with Crippen LogP contribution in [0.15, 0.2) is 47.4 Å². The molecule has 3 aromatic rings.